The van der Waals surface area contributed by atoms with E-state index in [1.165, 1.54) is 0 Å². The second-order valence-electron chi connectivity index (χ2n) is 3.09. The van der Waals surface area contributed by atoms with Crippen LogP contribution in [0.15, 0.2) is 25.2 Å². The minimum Gasteiger partial charge on any atom is -0.412 e. The van der Waals surface area contributed by atoms with Crippen LogP contribution >= 0.6 is 0 Å². The molecule has 88 valence electrons. The number of hydrogen-bond donors (Lipinski definition) is 1. The van der Waals surface area contributed by atoms with E-state index in [0.717, 1.165) is 0 Å². The maximum Gasteiger partial charge on any atom is 0.264 e. The average molecular weight is 236 g/mol. The fourth-order valence-corrected chi connectivity index (χ4v) is 1.69. The zero-order chi connectivity index (χ0) is 10.6. The third-order valence-electron chi connectivity index (χ3n) is 1.90. The summed E-state index contributed by atoms with van der Waals surface area (Å²) in [6.45, 7) is 4.91. The van der Waals surface area contributed by atoms with E-state index >= 15 is 0 Å². The Morgan fingerprint density at radius 3 is 2.60 bits per heavy atom. The van der Waals surface area contributed by atoms with E-state index in [-0.39, 0.29) is 11.2 Å². The van der Waals surface area contributed by atoms with Gasteiger partial charge in [-0.2, -0.15) is 8.42 Å². The Morgan fingerprint density at radius 1 is 1.47 bits per heavy atom. The second kappa shape index (κ2) is 5.74. The maximum atomic E-state index is 10.4. The van der Waals surface area contributed by atoms with Gasteiger partial charge in [0.2, 0.25) is 0 Å². The molecule has 0 saturated carbocycles. The number of nitrogens with zero attached hydrogens (tertiary/aromatic N) is 2. The van der Waals surface area contributed by atoms with Gasteiger partial charge in [-0.1, -0.05) is 6.58 Å². The summed E-state index contributed by atoms with van der Waals surface area (Å²) in [5.41, 5.74) is 0. The maximum absolute atomic E-state index is 10.4. The zero-order valence-electron chi connectivity index (χ0n) is 8.33. The van der Waals surface area contributed by atoms with E-state index in [1.807, 2.05) is 22.2 Å². The third-order valence-corrected chi connectivity index (χ3v) is 2.70. The lowest BCUT2D eigenvalue weighted by molar-refractivity contribution is 0.314. The first-order valence-electron chi connectivity index (χ1n) is 4.27. The first-order valence-corrected chi connectivity index (χ1v) is 5.88. The Hall–Kier alpha value is -1.05. The van der Waals surface area contributed by atoms with E-state index in [1.54, 1.807) is 6.20 Å². The molecule has 1 aliphatic rings. The van der Waals surface area contributed by atoms with Gasteiger partial charge >= 0.3 is 0 Å². The van der Waals surface area contributed by atoms with Crippen LogP contribution in [0.2, 0.25) is 0 Å². The molecular formula is C8H16N2O4S. The van der Waals surface area contributed by atoms with Crippen molar-refractivity contribution in [1.82, 2.24) is 9.80 Å². The van der Waals surface area contributed by atoms with Crippen molar-refractivity contribution in [3.63, 3.8) is 0 Å². The summed E-state index contributed by atoms with van der Waals surface area (Å²) >= 11 is 0. The lowest BCUT2D eigenvalue weighted by atomic mass is 10.4. The normalized spacial score (nSPS) is 15.3. The van der Waals surface area contributed by atoms with Crippen LogP contribution in [0.5, 0.6) is 0 Å². The highest BCUT2D eigenvalue weighted by molar-refractivity contribution is 7.85. The smallest absolute Gasteiger partial charge is 0.264 e. The van der Waals surface area contributed by atoms with Crippen LogP contribution in [0.1, 0.15) is 6.42 Å². The molecule has 0 saturated heterocycles. The number of rotatable bonds is 5. The van der Waals surface area contributed by atoms with Crippen molar-refractivity contribution in [2.45, 2.75) is 6.42 Å². The molecule has 15 heavy (non-hydrogen) atoms. The van der Waals surface area contributed by atoms with Gasteiger partial charge in [-0.25, -0.2) is 0 Å². The quantitative estimate of drug-likeness (QED) is 0.657. The van der Waals surface area contributed by atoms with Gasteiger partial charge in [-0.3, -0.25) is 4.55 Å². The molecule has 0 aromatic carbocycles. The van der Waals surface area contributed by atoms with Crippen LogP contribution in [0, 0.1) is 0 Å². The molecule has 0 fully saturated rings. The highest BCUT2D eigenvalue weighted by Crippen LogP contribution is 2.06. The van der Waals surface area contributed by atoms with Crippen molar-refractivity contribution < 1.29 is 18.4 Å². The largest absolute Gasteiger partial charge is 0.412 e. The highest BCUT2D eigenvalue weighted by Gasteiger charge is 2.10. The van der Waals surface area contributed by atoms with Crippen LogP contribution in [-0.2, 0) is 10.1 Å². The SMILES string of the molecule is C=CN1C=CN(CCCS(=O)(=O)O)C1.O. The van der Waals surface area contributed by atoms with E-state index in [9.17, 15) is 8.42 Å². The predicted molar refractivity (Wildman–Crippen MR) is 57.4 cm³/mol. The molecule has 0 spiro atoms. The van der Waals surface area contributed by atoms with Crippen molar-refractivity contribution in [3.8, 4) is 0 Å². The third kappa shape index (κ3) is 5.40. The van der Waals surface area contributed by atoms with Gasteiger partial charge in [-0.15, -0.1) is 0 Å². The van der Waals surface area contributed by atoms with Crippen molar-refractivity contribution in [2.24, 2.45) is 0 Å². The molecule has 1 aliphatic heterocycles. The molecule has 3 N–H and O–H groups in total. The number of hydrogen-bond acceptors (Lipinski definition) is 4. The van der Waals surface area contributed by atoms with Crippen molar-refractivity contribution in [3.05, 3.63) is 25.2 Å². The molecule has 0 bridgehead atoms. The van der Waals surface area contributed by atoms with E-state index < -0.39 is 10.1 Å². The van der Waals surface area contributed by atoms with Gasteiger partial charge in [-0.05, 0) is 12.6 Å². The standard InChI is InChI=1S/C8H14N2O3S.H2O/c1-2-9-5-6-10(8-9)4-3-7-14(11,12)13;/h2,5-6H,1,3-4,7-8H2,(H,11,12,13);1H2. The zero-order valence-corrected chi connectivity index (χ0v) is 9.15. The van der Waals surface area contributed by atoms with Crippen molar-refractivity contribution in [2.75, 3.05) is 19.0 Å². The van der Waals surface area contributed by atoms with Gasteiger partial charge in [0.15, 0.2) is 0 Å². The molecule has 1 heterocycles. The highest BCUT2D eigenvalue weighted by atomic mass is 32.2. The fraction of sp³-hybridized carbons (Fsp3) is 0.500. The van der Waals surface area contributed by atoms with Crippen LogP contribution in [0.3, 0.4) is 0 Å². The molecule has 0 atom stereocenters. The van der Waals surface area contributed by atoms with E-state index in [2.05, 4.69) is 6.58 Å². The summed E-state index contributed by atoms with van der Waals surface area (Å²) in [4.78, 5) is 3.83. The fourth-order valence-electron chi connectivity index (χ4n) is 1.20. The van der Waals surface area contributed by atoms with Crippen LogP contribution in [0.4, 0.5) is 0 Å². The summed E-state index contributed by atoms with van der Waals surface area (Å²) in [7, 11) is -3.82. The van der Waals surface area contributed by atoms with Gasteiger partial charge in [0, 0.05) is 18.9 Å². The topological polar surface area (TPSA) is 92.4 Å². The molecule has 0 radical (unpaired) electrons. The Morgan fingerprint density at radius 2 is 2.13 bits per heavy atom. The molecule has 0 aromatic rings. The summed E-state index contributed by atoms with van der Waals surface area (Å²) in [5.74, 6) is -0.189. The molecule has 0 unspecified atom stereocenters. The first kappa shape index (κ1) is 13.9. The predicted octanol–water partition coefficient (Wildman–Crippen LogP) is -0.371. The second-order valence-corrected chi connectivity index (χ2v) is 4.66. The summed E-state index contributed by atoms with van der Waals surface area (Å²) in [6, 6.07) is 0. The van der Waals surface area contributed by atoms with E-state index in [4.69, 9.17) is 4.55 Å². The van der Waals surface area contributed by atoms with Crippen LogP contribution in [0.25, 0.3) is 0 Å². The lowest BCUT2D eigenvalue weighted by Crippen LogP contribution is -2.24. The Kier molecular flexibility index (Phi) is 5.34. The van der Waals surface area contributed by atoms with Gasteiger partial charge in [0.25, 0.3) is 10.1 Å². The first-order chi connectivity index (χ1) is 6.51. The van der Waals surface area contributed by atoms with E-state index in [0.29, 0.717) is 19.6 Å². The van der Waals surface area contributed by atoms with Crippen LogP contribution < -0.4 is 0 Å². The molecule has 7 heteroatoms. The molecule has 0 aliphatic carbocycles. The molecular weight excluding hydrogens is 220 g/mol. The monoisotopic (exact) mass is 236 g/mol. The Bertz CT molecular complexity index is 326. The summed E-state index contributed by atoms with van der Waals surface area (Å²) < 4.78 is 29.3. The minimum absolute atomic E-state index is 0. The van der Waals surface area contributed by atoms with Gasteiger partial charge < -0.3 is 15.3 Å². The van der Waals surface area contributed by atoms with Gasteiger partial charge in [0.05, 0.1) is 12.4 Å². The summed E-state index contributed by atoms with van der Waals surface area (Å²) in [6.07, 6.45) is 5.85. The van der Waals surface area contributed by atoms with Gasteiger partial charge in [0.1, 0.15) is 0 Å². The van der Waals surface area contributed by atoms with Crippen molar-refractivity contribution >= 4 is 10.1 Å². The average Bonchev–Trinajstić information content (AvgIpc) is 2.50. The molecule has 0 aromatic heterocycles. The van der Waals surface area contributed by atoms with Crippen LogP contribution in [-0.4, -0.2) is 47.2 Å². The van der Waals surface area contributed by atoms with Crippen molar-refractivity contribution in [1.29, 1.82) is 0 Å². The Balaban J connectivity index is 0.00000196. The molecule has 6 nitrogen and oxygen atoms in total. The molecule has 0 amide bonds. The summed E-state index contributed by atoms with van der Waals surface area (Å²) in [5, 5.41) is 0. The lowest BCUT2D eigenvalue weighted by Gasteiger charge is -2.17. The molecule has 1 rings (SSSR count). The Labute approximate surface area is 89.5 Å². The minimum atomic E-state index is -3.82.